The number of hydrogen-bond donors (Lipinski definition) is 1. The summed E-state index contributed by atoms with van der Waals surface area (Å²) in [6.07, 6.45) is 1.59. The molecule has 7 nitrogen and oxygen atoms in total. The molecule has 0 aliphatic heterocycles. The number of carbonyl (C=O) groups is 2. The van der Waals surface area contributed by atoms with Crippen LogP contribution in [-0.2, 0) is 32.6 Å². The van der Waals surface area contributed by atoms with Crippen molar-refractivity contribution in [1.29, 1.82) is 0 Å². The number of amides is 2. The van der Waals surface area contributed by atoms with Gasteiger partial charge < -0.3 is 10.2 Å². The molecule has 0 saturated heterocycles. The Morgan fingerprint density at radius 1 is 0.927 bits per heavy atom. The summed E-state index contributed by atoms with van der Waals surface area (Å²) in [5.41, 5.74) is 2.03. The van der Waals surface area contributed by atoms with Gasteiger partial charge in [-0.15, -0.1) is 0 Å². The lowest BCUT2D eigenvalue weighted by Gasteiger charge is -2.32. The smallest absolute Gasteiger partial charge is 0.243 e. The molecule has 0 saturated carbocycles. The lowest BCUT2D eigenvalue weighted by atomic mass is 10.0. The maximum absolute atomic E-state index is 13.8. The second kappa shape index (κ2) is 15.0. The summed E-state index contributed by atoms with van der Waals surface area (Å²) in [6.45, 7) is 4.66. The zero-order chi connectivity index (χ0) is 30.0. The average molecular weight is 602 g/mol. The largest absolute Gasteiger partial charge is 0.354 e. The van der Waals surface area contributed by atoms with Crippen LogP contribution in [0.1, 0.15) is 37.8 Å². The van der Waals surface area contributed by atoms with Crippen molar-refractivity contribution in [3.8, 4) is 0 Å². The molecule has 0 fully saturated rings. The molecular weight excluding hydrogens is 565 g/mol. The minimum absolute atomic E-state index is 0.00353. The van der Waals surface area contributed by atoms with E-state index in [9.17, 15) is 22.4 Å². The van der Waals surface area contributed by atoms with Gasteiger partial charge in [-0.2, -0.15) is 0 Å². The molecule has 41 heavy (non-hydrogen) atoms. The van der Waals surface area contributed by atoms with E-state index in [1.54, 1.807) is 17.0 Å². The van der Waals surface area contributed by atoms with Crippen molar-refractivity contribution in [2.24, 2.45) is 5.92 Å². The van der Waals surface area contributed by atoms with Crippen molar-refractivity contribution in [3.63, 3.8) is 0 Å². The zero-order valence-corrected chi connectivity index (χ0v) is 25.2. The molecule has 3 rings (SSSR count). The van der Waals surface area contributed by atoms with E-state index in [4.69, 9.17) is 11.6 Å². The molecule has 0 aliphatic rings. The molecule has 10 heteroatoms. The Labute approximate surface area is 247 Å². The van der Waals surface area contributed by atoms with Crippen molar-refractivity contribution in [3.05, 3.63) is 101 Å². The summed E-state index contributed by atoms with van der Waals surface area (Å²) in [7, 11) is -3.68. The molecule has 0 spiro atoms. The Morgan fingerprint density at radius 3 is 2.15 bits per heavy atom. The van der Waals surface area contributed by atoms with Gasteiger partial charge in [-0.05, 0) is 59.9 Å². The summed E-state index contributed by atoms with van der Waals surface area (Å²) in [4.78, 5) is 28.9. The lowest BCUT2D eigenvalue weighted by Crippen LogP contribution is -2.51. The van der Waals surface area contributed by atoms with Crippen LogP contribution in [0.5, 0.6) is 0 Å². The SMILES string of the molecule is CC(C)CNC(=O)[C@@H](Cc1ccccc1)N(Cc1ccc(Cl)cc1)C(=O)CCCN(c1ccc(F)cc1)S(C)(=O)=O. The zero-order valence-electron chi connectivity index (χ0n) is 23.6. The van der Waals surface area contributed by atoms with Crippen molar-refractivity contribution in [2.45, 2.75) is 45.7 Å². The first-order valence-corrected chi connectivity index (χ1v) is 15.8. The third-order valence-electron chi connectivity index (χ3n) is 6.49. The maximum atomic E-state index is 13.8. The second-order valence-corrected chi connectivity index (χ2v) is 12.8. The Bertz CT molecular complexity index is 1390. The van der Waals surface area contributed by atoms with Gasteiger partial charge in [-0.25, -0.2) is 12.8 Å². The summed E-state index contributed by atoms with van der Waals surface area (Å²) in [5, 5.41) is 3.54. The Kier molecular flexibility index (Phi) is 11.7. The highest BCUT2D eigenvalue weighted by Crippen LogP contribution is 2.21. The molecule has 1 atom stereocenters. The standard InChI is InChI=1S/C31H37ClFN3O4S/c1-23(2)21-34-31(38)29(20-24-8-5-4-6-9-24)35(22-25-11-13-26(32)14-12-25)30(37)10-7-19-36(41(3,39)40)28-17-15-27(33)16-18-28/h4-6,8-9,11-18,23,29H,7,10,19-22H2,1-3H3,(H,34,38)/t29-/m1/s1. The van der Waals surface area contributed by atoms with Gasteiger partial charge >= 0.3 is 0 Å². The minimum Gasteiger partial charge on any atom is -0.354 e. The van der Waals surface area contributed by atoms with Crippen molar-refractivity contribution in [1.82, 2.24) is 10.2 Å². The Hall–Kier alpha value is -3.43. The number of nitrogens with one attached hydrogen (secondary N) is 1. The van der Waals surface area contributed by atoms with Crippen LogP contribution in [0.3, 0.4) is 0 Å². The van der Waals surface area contributed by atoms with E-state index in [0.717, 1.165) is 21.7 Å². The molecule has 0 unspecified atom stereocenters. The first-order valence-electron chi connectivity index (χ1n) is 13.5. The highest BCUT2D eigenvalue weighted by molar-refractivity contribution is 7.92. The van der Waals surface area contributed by atoms with E-state index >= 15 is 0 Å². The number of benzene rings is 3. The van der Waals surface area contributed by atoms with E-state index in [-0.39, 0.29) is 43.7 Å². The van der Waals surface area contributed by atoms with Crippen LogP contribution in [-0.4, -0.2) is 50.5 Å². The van der Waals surface area contributed by atoms with E-state index in [1.165, 1.54) is 24.3 Å². The second-order valence-electron chi connectivity index (χ2n) is 10.4. The molecular formula is C31H37ClFN3O4S. The van der Waals surface area contributed by atoms with Crippen LogP contribution in [0.4, 0.5) is 10.1 Å². The average Bonchev–Trinajstić information content (AvgIpc) is 2.93. The monoisotopic (exact) mass is 601 g/mol. The van der Waals surface area contributed by atoms with Crippen LogP contribution >= 0.6 is 11.6 Å². The number of anilines is 1. The highest BCUT2D eigenvalue weighted by atomic mass is 35.5. The van der Waals surface area contributed by atoms with Gasteiger partial charge in [0.2, 0.25) is 21.8 Å². The molecule has 0 heterocycles. The molecule has 0 aliphatic carbocycles. The van der Waals surface area contributed by atoms with Crippen LogP contribution in [0.25, 0.3) is 0 Å². The summed E-state index contributed by atoms with van der Waals surface area (Å²) in [5.74, 6) is -0.789. The maximum Gasteiger partial charge on any atom is 0.243 e. The fourth-order valence-corrected chi connectivity index (χ4v) is 5.47. The van der Waals surface area contributed by atoms with Gasteiger partial charge in [0.05, 0.1) is 11.9 Å². The Balaban J connectivity index is 1.87. The molecule has 0 aromatic heterocycles. The van der Waals surface area contributed by atoms with Crippen LogP contribution in [0.2, 0.25) is 5.02 Å². The molecule has 2 amide bonds. The molecule has 3 aromatic carbocycles. The summed E-state index contributed by atoms with van der Waals surface area (Å²) in [6, 6.07) is 21.0. The molecule has 0 bridgehead atoms. The predicted octanol–water partition coefficient (Wildman–Crippen LogP) is 5.44. The number of sulfonamides is 1. The van der Waals surface area contributed by atoms with Gasteiger partial charge in [0.1, 0.15) is 11.9 Å². The Morgan fingerprint density at radius 2 is 1.56 bits per heavy atom. The number of nitrogens with zero attached hydrogens (tertiary/aromatic N) is 2. The van der Waals surface area contributed by atoms with Gasteiger partial charge in [0.25, 0.3) is 0 Å². The number of hydrogen-bond acceptors (Lipinski definition) is 4. The number of halogens is 2. The minimum atomic E-state index is -3.68. The van der Waals surface area contributed by atoms with Gasteiger partial charge in [-0.3, -0.25) is 13.9 Å². The van der Waals surface area contributed by atoms with Gasteiger partial charge in [0, 0.05) is 37.5 Å². The molecule has 0 radical (unpaired) electrons. The normalized spacial score (nSPS) is 12.1. The quantitative estimate of drug-likeness (QED) is 0.267. The van der Waals surface area contributed by atoms with E-state index < -0.39 is 21.9 Å². The van der Waals surface area contributed by atoms with Crippen molar-refractivity contribution >= 4 is 39.1 Å². The topological polar surface area (TPSA) is 86.8 Å². The first-order chi connectivity index (χ1) is 19.4. The summed E-state index contributed by atoms with van der Waals surface area (Å²) < 4.78 is 39.6. The molecule has 3 aromatic rings. The van der Waals surface area contributed by atoms with Gasteiger partial charge in [0.15, 0.2) is 0 Å². The third-order valence-corrected chi connectivity index (χ3v) is 7.93. The number of carbonyl (C=O) groups excluding carboxylic acids is 2. The van der Waals surface area contributed by atoms with Crippen LogP contribution in [0.15, 0.2) is 78.9 Å². The van der Waals surface area contributed by atoms with Crippen LogP contribution in [0, 0.1) is 11.7 Å². The van der Waals surface area contributed by atoms with Crippen LogP contribution < -0.4 is 9.62 Å². The van der Waals surface area contributed by atoms with Crippen molar-refractivity contribution in [2.75, 3.05) is 23.7 Å². The summed E-state index contributed by atoms with van der Waals surface area (Å²) >= 11 is 6.08. The highest BCUT2D eigenvalue weighted by Gasteiger charge is 2.30. The fourth-order valence-electron chi connectivity index (χ4n) is 4.37. The van der Waals surface area contributed by atoms with Gasteiger partial charge in [-0.1, -0.05) is 67.9 Å². The lowest BCUT2D eigenvalue weighted by molar-refractivity contribution is -0.141. The van der Waals surface area contributed by atoms with E-state index in [0.29, 0.717) is 23.7 Å². The van der Waals surface area contributed by atoms with Crippen molar-refractivity contribution < 1.29 is 22.4 Å². The third kappa shape index (κ3) is 10.2. The van der Waals surface area contributed by atoms with E-state index in [2.05, 4.69) is 5.32 Å². The fraction of sp³-hybridized carbons (Fsp3) is 0.355. The molecule has 220 valence electrons. The van der Waals surface area contributed by atoms with E-state index in [1.807, 2.05) is 56.3 Å². The number of rotatable bonds is 14. The predicted molar refractivity (Wildman–Crippen MR) is 162 cm³/mol. The molecule has 1 N–H and O–H groups in total. The first kappa shape index (κ1) is 32.1.